The lowest BCUT2D eigenvalue weighted by Gasteiger charge is -2.02. The highest BCUT2D eigenvalue weighted by molar-refractivity contribution is 5.57. The van der Waals surface area contributed by atoms with Crippen LogP contribution in [0.3, 0.4) is 0 Å². The average molecular weight is 280 g/mol. The largest absolute Gasteiger partial charge is 0.397 e. The Balaban J connectivity index is 1.83. The standard InChI is InChI=1S/C16H16N4O/c1-10-3-4-12(5-11(10)2)6-15-19-16(21-20-15)13-7-14(17)9-18-8-13/h3-5,7-9H,6,17H2,1-2H3. The second-order valence-corrected chi connectivity index (χ2v) is 5.12. The summed E-state index contributed by atoms with van der Waals surface area (Å²) in [4.78, 5) is 8.42. The highest BCUT2D eigenvalue weighted by Crippen LogP contribution is 2.19. The summed E-state index contributed by atoms with van der Waals surface area (Å²) in [7, 11) is 0. The smallest absolute Gasteiger partial charge is 0.259 e. The van der Waals surface area contributed by atoms with E-state index in [1.165, 1.54) is 11.1 Å². The Morgan fingerprint density at radius 3 is 2.71 bits per heavy atom. The van der Waals surface area contributed by atoms with E-state index in [-0.39, 0.29) is 0 Å². The van der Waals surface area contributed by atoms with Gasteiger partial charge in [0.05, 0.1) is 11.3 Å². The number of benzene rings is 1. The van der Waals surface area contributed by atoms with Crippen LogP contribution in [0.4, 0.5) is 5.69 Å². The molecule has 5 nitrogen and oxygen atoms in total. The molecule has 5 heteroatoms. The van der Waals surface area contributed by atoms with Crippen molar-refractivity contribution in [2.45, 2.75) is 20.3 Å². The van der Waals surface area contributed by atoms with E-state index < -0.39 is 0 Å². The molecule has 3 rings (SSSR count). The van der Waals surface area contributed by atoms with Crippen LogP contribution in [0.15, 0.2) is 41.2 Å². The van der Waals surface area contributed by atoms with Crippen LogP contribution in [0.5, 0.6) is 0 Å². The van der Waals surface area contributed by atoms with E-state index in [1.807, 2.05) is 0 Å². The quantitative estimate of drug-likeness (QED) is 0.798. The molecule has 0 unspecified atom stereocenters. The zero-order valence-corrected chi connectivity index (χ0v) is 12.0. The number of aromatic nitrogens is 3. The predicted molar refractivity (Wildman–Crippen MR) is 80.7 cm³/mol. The molecule has 0 spiro atoms. The first-order valence-electron chi connectivity index (χ1n) is 6.71. The lowest BCUT2D eigenvalue weighted by molar-refractivity contribution is 0.424. The molecule has 2 aromatic heterocycles. The monoisotopic (exact) mass is 280 g/mol. The summed E-state index contributed by atoms with van der Waals surface area (Å²) < 4.78 is 5.28. The second-order valence-electron chi connectivity index (χ2n) is 5.12. The van der Waals surface area contributed by atoms with Gasteiger partial charge in [-0.05, 0) is 36.6 Å². The minimum Gasteiger partial charge on any atom is -0.397 e. The zero-order chi connectivity index (χ0) is 14.8. The summed E-state index contributed by atoms with van der Waals surface area (Å²) in [6.07, 6.45) is 3.87. The van der Waals surface area contributed by atoms with Crippen molar-refractivity contribution in [3.63, 3.8) is 0 Å². The fraction of sp³-hybridized carbons (Fsp3) is 0.188. The highest BCUT2D eigenvalue weighted by Gasteiger charge is 2.10. The van der Waals surface area contributed by atoms with Crippen molar-refractivity contribution in [2.75, 3.05) is 5.73 Å². The van der Waals surface area contributed by atoms with Gasteiger partial charge in [-0.2, -0.15) is 4.98 Å². The summed E-state index contributed by atoms with van der Waals surface area (Å²) in [6.45, 7) is 4.19. The maximum atomic E-state index is 5.70. The molecule has 0 atom stereocenters. The molecule has 0 aliphatic rings. The van der Waals surface area contributed by atoms with E-state index in [4.69, 9.17) is 10.3 Å². The molecule has 0 amide bonds. The Hall–Kier alpha value is -2.69. The number of hydrogen-bond donors (Lipinski definition) is 1. The van der Waals surface area contributed by atoms with Gasteiger partial charge in [0.1, 0.15) is 0 Å². The molecule has 0 aliphatic heterocycles. The van der Waals surface area contributed by atoms with Crippen molar-refractivity contribution in [1.29, 1.82) is 0 Å². The van der Waals surface area contributed by atoms with Crippen molar-refractivity contribution in [3.8, 4) is 11.5 Å². The van der Waals surface area contributed by atoms with Gasteiger partial charge in [0.15, 0.2) is 5.82 Å². The van der Waals surface area contributed by atoms with Crippen LogP contribution in [-0.4, -0.2) is 15.1 Å². The van der Waals surface area contributed by atoms with Crippen LogP contribution in [0, 0.1) is 13.8 Å². The first-order valence-corrected chi connectivity index (χ1v) is 6.71. The van der Waals surface area contributed by atoms with Crippen molar-refractivity contribution >= 4 is 5.69 Å². The number of nitrogens with two attached hydrogens (primary N) is 1. The molecule has 3 aromatic rings. The molecule has 106 valence electrons. The van der Waals surface area contributed by atoms with E-state index in [2.05, 4.69) is 47.2 Å². The van der Waals surface area contributed by atoms with Crippen LogP contribution in [0.1, 0.15) is 22.5 Å². The van der Waals surface area contributed by atoms with Crippen molar-refractivity contribution in [1.82, 2.24) is 15.1 Å². The maximum Gasteiger partial charge on any atom is 0.259 e. The van der Waals surface area contributed by atoms with Crippen LogP contribution in [0.2, 0.25) is 0 Å². The lowest BCUT2D eigenvalue weighted by Crippen LogP contribution is -1.93. The van der Waals surface area contributed by atoms with Gasteiger partial charge >= 0.3 is 0 Å². The third-order valence-electron chi connectivity index (χ3n) is 3.41. The van der Waals surface area contributed by atoms with Gasteiger partial charge in [-0.3, -0.25) is 4.98 Å². The number of aryl methyl sites for hydroxylation is 2. The number of rotatable bonds is 3. The van der Waals surface area contributed by atoms with Gasteiger partial charge in [-0.1, -0.05) is 23.4 Å². The first-order chi connectivity index (χ1) is 10.1. The van der Waals surface area contributed by atoms with Gasteiger partial charge in [-0.15, -0.1) is 0 Å². The Morgan fingerprint density at radius 1 is 1.10 bits per heavy atom. The SMILES string of the molecule is Cc1ccc(Cc2noc(-c3cncc(N)c3)n2)cc1C. The first kappa shape index (κ1) is 13.3. The fourth-order valence-corrected chi connectivity index (χ4v) is 2.11. The van der Waals surface area contributed by atoms with Crippen molar-refractivity contribution in [2.24, 2.45) is 0 Å². The summed E-state index contributed by atoms with van der Waals surface area (Å²) in [5.41, 5.74) is 10.7. The molecular weight excluding hydrogens is 264 g/mol. The summed E-state index contributed by atoms with van der Waals surface area (Å²) in [5, 5.41) is 4.01. The number of pyridine rings is 1. The lowest BCUT2D eigenvalue weighted by atomic mass is 10.0. The topological polar surface area (TPSA) is 77.8 Å². The van der Waals surface area contributed by atoms with Crippen molar-refractivity contribution in [3.05, 3.63) is 59.2 Å². The van der Waals surface area contributed by atoms with Gasteiger partial charge < -0.3 is 10.3 Å². The van der Waals surface area contributed by atoms with E-state index in [9.17, 15) is 0 Å². The van der Waals surface area contributed by atoms with Crippen LogP contribution in [0.25, 0.3) is 11.5 Å². The van der Waals surface area contributed by atoms with Crippen LogP contribution in [-0.2, 0) is 6.42 Å². The zero-order valence-electron chi connectivity index (χ0n) is 12.0. The normalized spacial score (nSPS) is 10.8. The summed E-state index contributed by atoms with van der Waals surface area (Å²) in [6, 6.07) is 8.10. The van der Waals surface area contributed by atoms with Gasteiger partial charge in [0.2, 0.25) is 0 Å². The number of anilines is 1. The number of hydrogen-bond acceptors (Lipinski definition) is 5. The molecule has 0 aliphatic carbocycles. The molecule has 0 saturated heterocycles. The van der Waals surface area contributed by atoms with E-state index in [0.717, 1.165) is 11.1 Å². The third-order valence-corrected chi connectivity index (χ3v) is 3.41. The van der Waals surface area contributed by atoms with Crippen LogP contribution < -0.4 is 5.73 Å². The Bertz CT molecular complexity index is 779. The molecule has 0 saturated carbocycles. The Labute approximate surface area is 122 Å². The molecule has 0 bridgehead atoms. The number of nitrogens with zero attached hydrogens (tertiary/aromatic N) is 3. The summed E-state index contributed by atoms with van der Waals surface area (Å²) >= 11 is 0. The van der Waals surface area contributed by atoms with E-state index in [1.54, 1.807) is 18.5 Å². The van der Waals surface area contributed by atoms with Gasteiger partial charge in [-0.25, -0.2) is 0 Å². The van der Waals surface area contributed by atoms with Gasteiger partial charge in [0, 0.05) is 18.8 Å². The minimum absolute atomic E-state index is 0.439. The second kappa shape index (κ2) is 5.36. The minimum atomic E-state index is 0.439. The average Bonchev–Trinajstić information content (AvgIpc) is 2.91. The van der Waals surface area contributed by atoms with Crippen molar-refractivity contribution < 1.29 is 4.52 Å². The number of nitrogen functional groups attached to an aromatic ring is 1. The molecule has 2 heterocycles. The fourth-order valence-electron chi connectivity index (χ4n) is 2.11. The molecule has 1 aromatic carbocycles. The maximum absolute atomic E-state index is 5.70. The van der Waals surface area contributed by atoms with Crippen LogP contribution >= 0.6 is 0 Å². The summed E-state index contributed by atoms with van der Waals surface area (Å²) in [5.74, 6) is 1.09. The molecule has 0 radical (unpaired) electrons. The van der Waals surface area contributed by atoms with Gasteiger partial charge in [0.25, 0.3) is 5.89 Å². The predicted octanol–water partition coefficient (Wildman–Crippen LogP) is 2.92. The molecule has 2 N–H and O–H groups in total. The molecule has 0 fully saturated rings. The Morgan fingerprint density at radius 2 is 1.95 bits per heavy atom. The highest BCUT2D eigenvalue weighted by atomic mass is 16.5. The van der Waals surface area contributed by atoms with E-state index in [0.29, 0.717) is 23.8 Å². The third kappa shape index (κ3) is 2.91. The Kier molecular flexibility index (Phi) is 3.39. The van der Waals surface area contributed by atoms with E-state index >= 15 is 0 Å². The molecular formula is C16H16N4O. The molecule has 21 heavy (non-hydrogen) atoms.